The lowest BCUT2D eigenvalue weighted by Crippen LogP contribution is -2.49. The molecule has 8 nitrogen and oxygen atoms in total. The molecule has 1 aromatic heterocycles. The van der Waals surface area contributed by atoms with Crippen LogP contribution in [0.1, 0.15) is 24.8 Å². The Morgan fingerprint density at radius 3 is 2.26 bits per heavy atom. The molecule has 5 rings (SSSR count). The molecule has 1 aliphatic carbocycles. The molecule has 39 heavy (non-hydrogen) atoms. The van der Waals surface area contributed by atoms with E-state index < -0.39 is 39.3 Å². The maximum Gasteiger partial charge on any atom is 0.316 e. The van der Waals surface area contributed by atoms with Crippen LogP contribution in [0.15, 0.2) is 59.5 Å². The van der Waals surface area contributed by atoms with Gasteiger partial charge in [0.15, 0.2) is 0 Å². The summed E-state index contributed by atoms with van der Waals surface area (Å²) in [7, 11) is -3.55. The van der Waals surface area contributed by atoms with E-state index in [0.717, 1.165) is 29.7 Å². The van der Waals surface area contributed by atoms with Gasteiger partial charge in [0, 0.05) is 37.7 Å². The van der Waals surface area contributed by atoms with E-state index in [9.17, 15) is 26.4 Å². The number of aromatic nitrogens is 2. The molecule has 0 amide bonds. The monoisotopic (exact) mass is 562 g/mol. The Kier molecular flexibility index (Phi) is 7.68. The van der Waals surface area contributed by atoms with Crippen LogP contribution in [-0.2, 0) is 15.8 Å². The largest absolute Gasteiger partial charge is 0.486 e. The van der Waals surface area contributed by atoms with E-state index in [1.807, 2.05) is 6.07 Å². The molecule has 0 N–H and O–H groups in total. The van der Waals surface area contributed by atoms with Crippen molar-refractivity contribution >= 4 is 15.7 Å². The van der Waals surface area contributed by atoms with Gasteiger partial charge in [0.2, 0.25) is 15.8 Å². The Morgan fingerprint density at radius 2 is 1.64 bits per heavy atom. The fraction of sp³-hybridized carbons (Fsp3) is 0.407. The van der Waals surface area contributed by atoms with Gasteiger partial charge in [-0.15, -0.1) is 0 Å². The van der Waals surface area contributed by atoms with Gasteiger partial charge in [-0.05, 0) is 37.0 Å². The highest BCUT2D eigenvalue weighted by atomic mass is 32.2. The maximum atomic E-state index is 13.9. The van der Waals surface area contributed by atoms with Crippen LogP contribution >= 0.6 is 0 Å². The predicted octanol–water partition coefficient (Wildman–Crippen LogP) is 3.68. The molecule has 0 unspecified atom stereocenters. The second-order valence-electron chi connectivity index (χ2n) is 10.1. The van der Waals surface area contributed by atoms with Crippen LogP contribution in [0.25, 0.3) is 5.69 Å². The van der Waals surface area contributed by atoms with Gasteiger partial charge in [-0.1, -0.05) is 30.3 Å². The van der Waals surface area contributed by atoms with Crippen molar-refractivity contribution in [2.45, 2.75) is 25.0 Å². The normalized spacial score (nSPS) is 17.3. The zero-order valence-corrected chi connectivity index (χ0v) is 22.0. The molecule has 0 spiro atoms. The molecule has 2 heterocycles. The summed E-state index contributed by atoms with van der Waals surface area (Å²) in [6.45, 7) is 0.553. The molecule has 2 aliphatic rings. The number of alkyl halides is 1. The van der Waals surface area contributed by atoms with Crippen molar-refractivity contribution in [1.29, 1.82) is 0 Å². The predicted molar refractivity (Wildman–Crippen MR) is 140 cm³/mol. The molecule has 0 radical (unpaired) electrons. The van der Waals surface area contributed by atoms with E-state index in [2.05, 4.69) is 5.10 Å². The third kappa shape index (κ3) is 6.11. The molecular weight excluding hydrogens is 533 g/mol. The van der Waals surface area contributed by atoms with Crippen LogP contribution in [0.3, 0.4) is 0 Å². The summed E-state index contributed by atoms with van der Waals surface area (Å²) < 4.78 is 75.2. The molecule has 0 bridgehead atoms. The highest BCUT2D eigenvalue weighted by Crippen LogP contribution is 2.49. The summed E-state index contributed by atoms with van der Waals surface area (Å²) in [5, 5.41) is 4.13. The van der Waals surface area contributed by atoms with Crippen molar-refractivity contribution in [3.05, 3.63) is 82.3 Å². The molecule has 1 saturated carbocycles. The van der Waals surface area contributed by atoms with Gasteiger partial charge in [0.1, 0.15) is 17.3 Å². The third-order valence-corrected chi connectivity index (χ3v) is 9.14. The van der Waals surface area contributed by atoms with Crippen molar-refractivity contribution in [3.8, 4) is 11.4 Å². The number of nitrogens with zero attached hydrogens (tertiary/aromatic N) is 4. The lowest BCUT2D eigenvalue weighted by molar-refractivity contribution is 0.236. The summed E-state index contributed by atoms with van der Waals surface area (Å²) in [6, 6.07) is 11.6. The Labute approximate surface area is 224 Å². The van der Waals surface area contributed by atoms with Crippen molar-refractivity contribution in [1.82, 2.24) is 14.1 Å². The highest BCUT2D eigenvalue weighted by molar-refractivity contribution is 7.88. The second-order valence-corrected chi connectivity index (χ2v) is 12.0. The van der Waals surface area contributed by atoms with Crippen molar-refractivity contribution in [2.24, 2.45) is 5.41 Å². The smallest absolute Gasteiger partial charge is 0.316 e. The summed E-state index contributed by atoms with van der Waals surface area (Å²) in [5.41, 5.74) is -0.205. The minimum absolute atomic E-state index is 0.0788. The molecule has 3 aromatic rings. The second kappa shape index (κ2) is 11.0. The lowest BCUT2D eigenvalue weighted by Gasteiger charge is -2.35. The number of ether oxygens (including phenoxy) is 1. The number of halogens is 3. The topological polar surface area (TPSA) is 84.7 Å². The van der Waals surface area contributed by atoms with Crippen LogP contribution in [0.2, 0.25) is 0 Å². The molecule has 208 valence electrons. The maximum absolute atomic E-state index is 13.9. The Hall–Kier alpha value is -3.38. The average molecular weight is 563 g/mol. The summed E-state index contributed by atoms with van der Waals surface area (Å²) in [6.07, 6.45) is 3.30. The van der Waals surface area contributed by atoms with Crippen molar-refractivity contribution in [2.75, 3.05) is 44.4 Å². The number of anilines is 1. The average Bonchev–Trinajstić information content (AvgIpc) is 3.69. The van der Waals surface area contributed by atoms with Gasteiger partial charge >= 0.3 is 5.56 Å². The standard InChI is InChI=1S/C27H29F3N4O4S/c28-19-27(6-7-27)8-13-38-25-24(17-31-34(26(25)35)23-15-21(29)14-22(30)16-23)32-9-11-33(12-10-32)39(36,37)18-20-4-2-1-3-5-20/h1-5,14-17H,6-13,18-19H2. The third-order valence-electron chi connectivity index (χ3n) is 7.29. The zero-order chi connectivity index (χ0) is 27.6. The molecule has 0 atom stereocenters. The summed E-state index contributed by atoms with van der Waals surface area (Å²) in [5.74, 6) is -1.92. The number of hydrogen-bond donors (Lipinski definition) is 0. The van der Waals surface area contributed by atoms with E-state index in [0.29, 0.717) is 23.7 Å². The summed E-state index contributed by atoms with van der Waals surface area (Å²) in [4.78, 5) is 15.2. The number of rotatable bonds is 10. The fourth-order valence-corrected chi connectivity index (χ4v) is 6.23. The van der Waals surface area contributed by atoms with Crippen LogP contribution in [0.5, 0.6) is 5.75 Å². The van der Waals surface area contributed by atoms with Crippen LogP contribution in [0.4, 0.5) is 18.9 Å². The molecule has 2 aromatic carbocycles. The van der Waals surface area contributed by atoms with E-state index >= 15 is 0 Å². The Morgan fingerprint density at radius 1 is 0.974 bits per heavy atom. The molecule has 2 fully saturated rings. The van der Waals surface area contributed by atoms with Gasteiger partial charge in [0.25, 0.3) is 0 Å². The highest BCUT2D eigenvalue weighted by Gasteiger charge is 2.42. The molecular formula is C27H29F3N4O4S. The first-order valence-electron chi connectivity index (χ1n) is 12.7. The first-order chi connectivity index (χ1) is 18.7. The molecule has 12 heteroatoms. The fourth-order valence-electron chi connectivity index (χ4n) is 4.72. The Balaban J connectivity index is 1.38. The van der Waals surface area contributed by atoms with Gasteiger partial charge < -0.3 is 9.64 Å². The van der Waals surface area contributed by atoms with Gasteiger partial charge in [-0.2, -0.15) is 14.1 Å². The van der Waals surface area contributed by atoms with Crippen LogP contribution in [-0.4, -0.2) is 62.0 Å². The number of hydrogen-bond acceptors (Lipinski definition) is 6. The van der Waals surface area contributed by atoms with E-state index in [1.54, 1.807) is 29.2 Å². The van der Waals surface area contributed by atoms with Gasteiger partial charge in [-0.25, -0.2) is 17.2 Å². The van der Waals surface area contributed by atoms with E-state index in [4.69, 9.17) is 4.74 Å². The van der Waals surface area contributed by atoms with Crippen molar-refractivity contribution < 1.29 is 26.3 Å². The molecule has 1 aliphatic heterocycles. The number of sulfonamides is 1. The van der Waals surface area contributed by atoms with E-state index in [-0.39, 0.29) is 50.0 Å². The first-order valence-corrected chi connectivity index (χ1v) is 14.3. The summed E-state index contributed by atoms with van der Waals surface area (Å²) >= 11 is 0. The van der Waals surface area contributed by atoms with Crippen molar-refractivity contribution in [3.63, 3.8) is 0 Å². The van der Waals surface area contributed by atoms with Gasteiger partial charge in [0.05, 0.1) is 30.9 Å². The van der Waals surface area contributed by atoms with E-state index in [1.165, 1.54) is 10.5 Å². The number of piperazine rings is 1. The Bertz CT molecular complexity index is 1470. The quantitative estimate of drug-likeness (QED) is 0.375. The van der Waals surface area contributed by atoms with Gasteiger partial charge in [-0.3, -0.25) is 9.18 Å². The van der Waals surface area contributed by atoms with Crippen LogP contribution < -0.4 is 15.2 Å². The molecule has 1 saturated heterocycles. The van der Waals surface area contributed by atoms with Crippen LogP contribution in [0, 0.1) is 17.0 Å². The SMILES string of the molecule is O=c1c(OCCC2(CF)CC2)c(N2CCN(S(=O)(=O)Cc3ccccc3)CC2)cnn1-c1cc(F)cc(F)c1. The minimum atomic E-state index is -3.55. The number of benzene rings is 2. The lowest BCUT2D eigenvalue weighted by atomic mass is 10.1. The first kappa shape index (κ1) is 27.2. The zero-order valence-electron chi connectivity index (χ0n) is 21.2. The minimum Gasteiger partial charge on any atom is -0.486 e.